The first-order valence-electron chi connectivity index (χ1n) is 7.76. The number of benzene rings is 1. The van der Waals surface area contributed by atoms with E-state index in [9.17, 15) is 10.1 Å². The quantitative estimate of drug-likeness (QED) is 0.513. The van der Waals surface area contributed by atoms with Crippen molar-refractivity contribution >= 4 is 17.1 Å². The van der Waals surface area contributed by atoms with Crippen molar-refractivity contribution in [3.63, 3.8) is 0 Å². The molecule has 0 radical (unpaired) electrons. The van der Waals surface area contributed by atoms with Gasteiger partial charge in [-0.15, -0.1) is 0 Å². The Morgan fingerprint density at radius 2 is 1.86 bits per heavy atom. The van der Waals surface area contributed by atoms with Gasteiger partial charge < -0.3 is 10.6 Å². The van der Waals surface area contributed by atoms with Gasteiger partial charge >= 0.3 is 0 Å². The van der Waals surface area contributed by atoms with E-state index in [1.54, 1.807) is 12.1 Å². The summed E-state index contributed by atoms with van der Waals surface area (Å²) in [6.07, 6.45) is 3.18. The molecule has 5 heteroatoms. The Labute approximate surface area is 127 Å². The molecule has 5 nitrogen and oxygen atoms in total. The van der Waals surface area contributed by atoms with Crippen molar-refractivity contribution in [2.75, 3.05) is 17.2 Å². The van der Waals surface area contributed by atoms with Crippen LogP contribution in [0, 0.1) is 16.0 Å². The highest BCUT2D eigenvalue weighted by atomic mass is 16.6. The molecular formula is C16H27N3O2. The Kier molecular flexibility index (Phi) is 6.99. The highest BCUT2D eigenvalue weighted by Gasteiger charge is 2.12. The first kappa shape index (κ1) is 17.3. The van der Waals surface area contributed by atoms with Crippen molar-refractivity contribution in [2.45, 2.75) is 53.0 Å². The molecule has 0 heterocycles. The lowest BCUT2D eigenvalue weighted by atomic mass is 10.0. The number of anilines is 2. The lowest BCUT2D eigenvalue weighted by molar-refractivity contribution is -0.384. The normalized spacial score (nSPS) is 13.5. The van der Waals surface area contributed by atoms with Gasteiger partial charge in [0.2, 0.25) is 0 Å². The third kappa shape index (κ3) is 6.02. The Hall–Kier alpha value is -1.78. The lowest BCUT2D eigenvalue weighted by Crippen LogP contribution is -2.18. The third-order valence-corrected chi connectivity index (χ3v) is 3.57. The molecule has 1 aromatic carbocycles. The summed E-state index contributed by atoms with van der Waals surface area (Å²) >= 11 is 0. The second-order valence-corrected chi connectivity index (χ2v) is 5.75. The van der Waals surface area contributed by atoms with Crippen molar-refractivity contribution in [2.24, 2.45) is 5.92 Å². The summed E-state index contributed by atoms with van der Waals surface area (Å²) in [6, 6.07) is 5.42. The second kappa shape index (κ2) is 8.49. The van der Waals surface area contributed by atoms with Gasteiger partial charge in [0, 0.05) is 36.1 Å². The van der Waals surface area contributed by atoms with Crippen LogP contribution in [-0.2, 0) is 0 Å². The van der Waals surface area contributed by atoms with E-state index in [-0.39, 0.29) is 10.6 Å². The summed E-state index contributed by atoms with van der Waals surface area (Å²) in [5, 5.41) is 17.6. The molecule has 2 atom stereocenters. The Morgan fingerprint density at radius 1 is 1.19 bits per heavy atom. The predicted molar refractivity (Wildman–Crippen MR) is 89.0 cm³/mol. The van der Waals surface area contributed by atoms with Crippen molar-refractivity contribution < 1.29 is 4.92 Å². The van der Waals surface area contributed by atoms with Crippen LogP contribution in [0.3, 0.4) is 0 Å². The number of rotatable bonds is 9. The van der Waals surface area contributed by atoms with Gasteiger partial charge in [0.05, 0.1) is 4.92 Å². The topological polar surface area (TPSA) is 67.2 Å². The molecule has 118 valence electrons. The summed E-state index contributed by atoms with van der Waals surface area (Å²) in [6.45, 7) is 9.39. The minimum Gasteiger partial charge on any atom is -0.385 e. The fourth-order valence-electron chi connectivity index (χ4n) is 2.28. The van der Waals surface area contributed by atoms with Gasteiger partial charge in [0.1, 0.15) is 0 Å². The van der Waals surface area contributed by atoms with Gasteiger partial charge in [-0.2, -0.15) is 0 Å². The van der Waals surface area contributed by atoms with Crippen molar-refractivity contribution in [1.82, 2.24) is 0 Å². The molecule has 2 N–H and O–H groups in total. The summed E-state index contributed by atoms with van der Waals surface area (Å²) in [7, 11) is 0. The molecule has 0 aromatic heterocycles. The largest absolute Gasteiger partial charge is 0.385 e. The zero-order valence-electron chi connectivity index (χ0n) is 13.5. The van der Waals surface area contributed by atoms with Gasteiger partial charge in [-0.1, -0.05) is 27.2 Å². The van der Waals surface area contributed by atoms with E-state index in [0.717, 1.165) is 37.2 Å². The van der Waals surface area contributed by atoms with Crippen LogP contribution in [0.4, 0.5) is 17.1 Å². The zero-order valence-corrected chi connectivity index (χ0v) is 13.5. The van der Waals surface area contributed by atoms with E-state index < -0.39 is 0 Å². The molecule has 0 aliphatic carbocycles. The van der Waals surface area contributed by atoms with Gasteiger partial charge in [-0.25, -0.2) is 0 Å². The summed E-state index contributed by atoms with van der Waals surface area (Å²) < 4.78 is 0. The van der Waals surface area contributed by atoms with Crippen LogP contribution in [-0.4, -0.2) is 17.5 Å². The van der Waals surface area contributed by atoms with Crippen LogP contribution in [0.25, 0.3) is 0 Å². The number of non-ortho nitro benzene ring substituents is 1. The molecule has 1 aromatic rings. The molecule has 0 bridgehead atoms. The molecule has 0 amide bonds. The fraction of sp³-hybridized carbons (Fsp3) is 0.625. The summed E-state index contributed by atoms with van der Waals surface area (Å²) in [4.78, 5) is 10.7. The molecule has 0 fully saturated rings. The van der Waals surface area contributed by atoms with E-state index in [2.05, 4.69) is 38.3 Å². The van der Waals surface area contributed by atoms with Crippen LogP contribution < -0.4 is 10.6 Å². The van der Waals surface area contributed by atoms with E-state index in [0.29, 0.717) is 12.0 Å². The fourth-order valence-corrected chi connectivity index (χ4v) is 2.28. The van der Waals surface area contributed by atoms with Crippen molar-refractivity contribution in [3.8, 4) is 0 Å². The molecule has 2 unspecified atom stereocenters. The Bertz CT molecular complexity index is 463. The predicted octanol–water partition coefficient (Wildman–Crippen LogP) is 4.65. The Morgan fingerprint density at radius 3 is 2.43 bits per heavy atom. The smallest absolute Gasteiger partial charge is 0.273 e. The highest BCUT2D eigenvalue weighted by molar-refractivity contribution is 5.63. The van der Waals surface area contributed by atoms with Gasteiger partial charge in [-0.05, 0) is 31.7 Å². The summed E-state index contributed by atoms with van der Waals surface area (Å²) in [5.41, 5.74) is 1.72. The lowest BCUT2D eigenvalue weighted by Gasteiger charge is -2.19. The van der Waals surface area contributed by atoms with E-state index in [1.807, 2.05) is 6.07 Å². The number of nitro benzene ring substituents is 1. The number of nitrogens with zero attached hydrogens (tertiary/aromatic N) is 1. The molecule has 0 saturated heterocycles. The molecule has 0 spiro atoms. The van der Waals surface area contributed by atoms with E-state index in [1.165, 1.54) is 0 Å². The monoisotopic (exact) mass is 293 g/mol. The molecule has 1 rings (SSSR count). The van der Waals surface area contributed by atoms with Gasteiger partial charge in [0.15, 0.2) is 0 Å². The maximum absolute atomic E-state index is 11.0. The highest BCUT2D eigenvalue weighted by Crippen LogP contribution is 2.25. The molecule has 0 aliphatic heterocycles. The van der Waals surface area contributed by atoms with Crippen molar-refractivity contribution in [1.29, 1.82) is 0 Å². The standard InChI is InChI=1S/C16H27N3O2/c1-5-7-17-14-9-15(11-16(10-14)19(20)21)18-13(4)8-12(3)6-2/h9-13,17-18H,5-8H2,1-4H3. The number of hydrogen-bond acceptors (Lipinski definition) is 4. The first-order valence-corrected chi connectivity index (χ1v) is 7.76. The van der Waals surface area contributed by atoms with Crippen LogP contribution >= 0.6 is 0 Å². The summed E-state index contributed by atoms with van der Waals surface area (Å²) in [5.74, 6) is 0.642. The minimum atomic E-state index is -0.346. The van der Waals surface area contributed by atoms with Gasteiger partial charge in [-0.3, -0.25) is 10.1 Å². The zero-order chi connectivity index (χ0) is 15.8. The van der Waals surface area contributed by atoms with E-state index >= 15 is 0 Å². The molecule has 21 heavy (non-hydrogen) atoms. The average Bonchev–Trinajstić information content (AvgIpc) is 2.44. The average molecular weight is 293 g/mol. The van der Waals surface area contributed by atoms with Crippen LogP contribution in [0.2, 0.25) is 0 Å². The third-order valence-electron chi connectivity index (χ3n) is 3.57. The van der Waals surface area contributed by atoms with E-state index in [4.69, 9.17) is 0 Å². The number of hydrogen-bond donors (Lipinski definition) is 2. The second-order valence-electron chi connectivity index (χ2n) is 5.75. The van der Waals surface area contributed by atoms with Crippen LogP contribution in [0.1, 0.15) is 47.0 Å². The van der Waals surface area contributed by atoms with Crippen LogP contribution in [0.15, 0.2) is 18.2 Å². The van der Waals surface area contributed by atoms with Gasteiger partial charge in [0.25, 0.3) is 5.69 Å². The number of nitro groups is 1. The molecule has 0 saturated carbocycles. The van der Waals surface area contributed by atoms with Crippen LogP contribution in [0.5, 0.6) is 0 Å². The molecule has 0 aliphatic rings. The minimum absolute atomic E-state index is 0.120. The Balaban J connectivity index is 2.84. The first-order chi connectivity index (χ1) is 9.96. The van der Waals surface area contributed by atoms with Crippen molar-refractivity contribution in [3.05, 3.63) is 28.3 Å². The molecular weight excluding hydrogens is 266 g/mol. The maximum Gasteiger partial charge on any atom is 0.273 e. The SMILES string of the molecule is CCCNc1cc(NC(C)CC(C)CC)cc([N+](=O)[O-])c1. The maximum atomic E-state index is 11.0. The number of nitrogens with one attached hydrogen (secondary N) is 2.